The third-order valence-electron chi connectivity index (χ3n) is 6.27. The van der Waals surface area contributed by atoms with Gasteiger partial charge in [-0.25, -0.2) is 8.78 Å². The maximum Gasteiger partial charge on any atom is 0.200 e. The van der Waals surface area contributed by atoms with Crippen LogP contribution in [0.4, 0.5) is 20.2 Å². The van der Waals surface area contributed by atoms with Gasteiger partial charge < -0.3 is 20.9 Å². The summed E-state index contributed by atoms with van der Waals surface area (Å²) in [6.07, 6.45) is 1.76. The molecule has 0 bridgehead atoms. The Bertz CT molecular complexity index is 1470. The molecule has 0 aliphatic carbocycles. The van der Waals surface area contributed by atoms with Crippen LogP contribution in [-0.4, -0.2) is 29.5 Å². The molecule has 35 heavy (non-hydrogen) atoms. The molecular weight excluding hydrogens is 476 g/mol. The number of pyridine rings is 1. The van der Waals surface area contributed by atoms with Crippen LogP contribution >= 0.6 is 11.6 Å². The van der Waals surface area contributed by atoms with Crippen molar-refractivity contribution in [3.8, 4) is 11.8 Å². The molecule has 182 valence electrons. The molecule has 0 saturated carbocycles. The van der Waals surface area contributed by atoms with Gasteiger partial charge >= 0.3 is 0 Å². The zero-order valence-electron chi connectivity index (χ0n) is 19.3. The lowest BCUT2D eigenvalue weighted by Gasteiger charge is -2.40. The highest BCUT2D eigenvalue weighted by molar-refractivity contribution is 6.38. The summed E-state index contributed by atoms with van der Waals surface area (Å²) in [7, 11) is 0. The van der Waals surface area contributed by atoms with E-state index in [-0.39, 0.29) is 68.6 Å². The smallest absolute Gasteiger partial charge is 0.200 e. The number of hydrogen-bond donors (Lipinski definition) is 2. The molecule has 4 N–H and O–H groups in total. The van der Waals surface area contributed by atoms with E-state index in [9.17, 15) is 19.2 Å². The Kier molecular flexibility index (Phi) is 6.54. The van der Waals surface area contributed by atoms with Crippen LogP contribution in [0.2, 0.25) is 5.02 Å². The first-order valence-electron chi connectivity index (χ1n) is 11.2. The van der Waals surface area contributed by atoms with Gasteiger partial charge in [-0.15, -0.1) is 0 Å². The van der Waals surface area contributed by atoms with E-state index in [0.717, 1.165) is 6.07 Å². The van der Waals surface area contributed by atoms with Gasteiger partial charge in [0.2, 0.25) is 5.43 Å². The van der Waals surface area contributed by atoms with Crippen LogP contribution in [0.25, 0.3) is 16.6 Å². The first-order chi connectivity index (χ1) is 16.6. The van der Waals surface area contributed by atoms with Crippen LogP contribution < -0.4 is 21.8 Å². The van der Waals surface area contributed by atoms with E-state index in [1.807, 2.05) is 6.07 Å². The first-order valence-corrected chi connectivity index (χ1v) is 11.5. The number of hydrogen-bond acceptors (Lipinski definition) is 6. The maximum atomic E-state index is 15.6. The normalized spacial score (nSPS) is 13.7. The van der Waals surface area contributed by atoms with Gasteiger partial charge in [0.1, 0.15) is 5.82 Å². The summed E-state index contributed by atoms with van der Waals surface area (Å²) in [5, 5.41) is 9.22. The fourth-order valence-electron chi connectivity index (χ4n) is 4.47. The van der Waals surface area contributed by atoms with Crippen molar-refractivity contribution in [3.05, 3.63) is 61.9 Å². The van der Waals surface area contributed by atoms with Crippen molar-refractivity contribution >= 4 is 39.7 Å². The van der Waals surface area contributed by atoms with Gasteiger partial charge in [-0.3, -0.25) is 9.59 Å². The second kappa shape index (κ2) is 9.29. The van der Waals surface area contributed by atoms with Crippen molar-refractivity contribution in [2.24, 2.45) is 5.73 Å². The number of fused-ring (bicyclic) bond motifs is 1. The summed E-state index contributed by atoms with van der Waals surface area (Å²) in [5.74, 6) is -1.80. The van der Waals surface area contributed by atoms with Gasteiger partial charge in [0.05, 0.1) is 51.0 Å². The Balaban J connectivity index is 2.19. The predicted molar refractivity (Wildman–Crippen MR) is 132 cm³/mol. The van der Waals surface area contributed by atoms with Crippen LogP contribution in [0, 0.1) is 29.9 Å². The Hall–Kier alpha value is -3.48. The van der Waals surface area contributed by atoms with E-state index < -0.39 is 22.8 Å². The monoisotopic (exact) mass is 499 g/mol. The number of anilines is 2. The Labute approximate surface area is 205 Å². The number of rotatable bonds is 6. The topological polar surface area (TPSA) is 118 Å². The summed E-state index contributed by atoms with van der Waals surface area (Å²) in [4.78, 5) is 28.0. The van der Waals surface area contributed by atoms with Crippen molar-refractivity contribution in [1.82, 2.24) is 4.57 Å². The SMILES string of the molecule is CCCC(=O)c1cn(-c2cc(N)c(F)cc2CC#N)c2c(Cl)c(N3CC(N)C3)c(F)c(C)c2c1=O. The predicted octanol–water partition coefficient (Wildman–Crippen LogP) is 4.01. The third kappa shape index (κ3) is 4.03. The summed E-state index contributed by atoms with van der Waals surface area (Å²) < 4.78 is 31.3. The summed E-state index contributed by atoms with van der Waals surface area (Å²) in [5.41, 5.74) is 11.5. The number of Topliss-reactive ketones (excluding diaryl/α,β-unsaturated/α-hetero) is 1. The van der Waals surface area contributed by atoms with E-state index in [1.165, 1.54) is 23.8 Å². The van der Waals surface area contributed by atoms with Crippen molar-refractivity contribution < 1.29 is 13.6 Å². The van der Waals surface area contributed by atoms with Gasteiger partial charge in [0, 0.05) is 37.3 Å². The highest BCUT2D eigenvalue weighted by atomic mass is 35.5. The zero-order chi connectivity index (χ0) is 25.6. The zero-order valence-corrected chi connectivity index (χ0v) is 20.0. The van der Waals surface area contributed by atoms with Gasteiger partial charge in [-0.1, -0.05) is 18.5 Å². The number of carbonyl (C=O) groups excluding carboxylic acids is 1. The van der Waals surface area contributed by atoms with Crippen LogP contribution in [0.15, 0.2) is 23.1 Å². The van der Waals surface area contributed by atoms with E-state index in [4.69, 9.17) is 23.1 Å². The molecule has 0 radical (unpaired) electrons. The molecule has 1 saturated heterocycles. The van der Waals surface area contributed by atoms with Crippen molar-refractivity contribution in [2.45, 2.75) is 39.2 Å². The molecule has 4 rings (SSSR count). The number of nitrogens with zero attached hydrogens (tertiary/aromatic N) is 3. The number of carbonyl (C=O) groups is 1. The van der Waals surface area contributed by atoms with E-state index in [2.05, 4.69) is 0 Å². The first kappa shape index (κ1) is 24.6. The number of aromatic nitrogens is 1. The lowest BCUT2D eigenvalue weighted by Crippen LogP contribution is -2.56. The molecule has 2 aromatic carbocycles. The number of aryl methyl sites for hydroxylation is 1. The van der Waals surface area contributed by atoms with Crippen LogP contribution in [-0.2, 0) is 6.42 Å². The Morgan fingerprint density at radius 1 is 1.31 bits per heavy atom. The van der Waals surface area contributed by atoms with Crippen LogP contribution in [0.5, 0.6) is 0 Å². The molecular formula is C25H24ClF2N5O2. The molecule has 0 unspecified atom stereocenters. The number of nitrogen functional groups attached to an aromatic ring is 1. The molecule has 1 aliphatic rings. The van der Waals surface area contributed by atoms with Gasteiger partial charge in [-0.2, -0.15) is 5.26 Å². The third-order valence-corrected chi connectivity index (χ3v) is 6.62. The number of halogens is 3. The summed E-state index contributed by atoms with van der Waals surface area (Å²) >= 11 is 6.76. The van der Waals surface area contributed by atoms with Gasteiger partial charge in [0.25, 0.3) is 0 Å². The highest BCUT2D eigenvalue weighted by Gasteiger charge is 2.32. The van der Waals surface area contributed by atoms with E-state index >= 15 is 4.39 Å². The fraction of sp³-hybridized carbons (Fsp3) is 0.320. The molecule has 1 aromatic heterocycles. The molecule has 2 heterocycles. The molecule has 0 amide bonds. The molecule has 7 nitrogen and oxygen atoms in total. The lowest BCUT2D eigenvalue weighted by molar-refractivity contribution is 0.0980. The quantitative estimate of drug-likeness (QED) is 0.391. The standard InChI is InChI=1S/C25H24ClF2N5O2/c1-3-4-19(34)15-11-33(18-8-17(31)16(27)7-13(18)5-6-29)23-20(25(15)35)12(2)22(28)24(21(23)26)32-9-14(30)10-32/h7-8,11,14H,3-5,9-10,30-31H2,1-2H3. The van der Waals surface area contributed by atoms with Crippen molar-refractivity contribution in [2.75, 3.05) is 23.7 Å². The van der Waals surface area contributed by atoms with Crippen molar-refractivity contribution in [1.29, 1.82) is 5.26 Å². The van der Waals surface area contributed by atoms with Crippen LogP contribution in [0.3, 0.4) is 0 Å². The number of benzene rings is 2. The van der Waals surface area contributed by atoms with Gasteiger partial charge in [0.15, 0.2) is 11.6 Å². The number of ketones is 1. The lowest BCUT2D eigenvalue weighted by atomic mass is 9.98. The number of nitrogens with two attached hydrogens (primary N) is 2. The minimum absolute atomic E-state index is 0.0293. The Morgan fingerprint density at radius 3 is 2.60 bits per heavy atom. The fourth-order valence-corrected chi connectivity index (χ4v) is 4.86. The summed E-state index contributed by atoms with van der Waals surface area (Å²) in [6, 6.07) is 4.28. The molecule has 1 aliphatic heterocycles. The maximum absolute atomic E-state index is 15.6. The molecule has 10 heteroatoms. The molecule has 1 fully saturated rings. The van der Waals surface area contributed by atoms with Gasteiger partial charge in [-0.05, 0) is 31.0 Å². The largest absolute Gasteiger partial charge is 0.396 e. The second-order valence-electron chi connectivity index (χ2n) is 8.74. The summed E-state index contributed by atoms with van der Waals surface area (Å²) in [6.45, 7) is 4.01. The Morgan fingerprint density at radius 2 is 2.00 bits per heavy atom. The second-order valence-corrected chi connectivity index (χ2v) is 9.12. The van der Waals surface area contributed by atoms with E-state index in [1.54, 1.807) is 11.8 Å². The minimum atomic E-state index is -0.713. The molecule has 3 aromatic rings. The minimum Gasteiger partial charge on any atom is -0.396 e. The average Bonchev–Trinajstić information content (AvgIpc) is 2.79. The van der Waals surface area contributed by atoms with Crippen molar-refractivity contribution in [3.63, 3.8) is 0 Å². The average molecular weight is 500 g/mol. The number of nitriles is 1. The van der Waals surface area contributed by atoms with Crippen LogP contribution in [0.1, 0.15) is 41.3 Å². The highest BCUT2D eigenvalue weighted by Crippen LogP contribution is 2.41. The molecule has 0 spiro atoms. The van der Waals surface area contributed by atoms with E-state index in [0.29, 0.717) is 19.5 Å². The molecule has 0 atom stereocenters.